The fourth-order valence-corrected chi connectivity index (χ4v) is 2.74. The average Bonchev–Trinajstić information content (AvgIpc) is 3.26. The molecule has 4 rings (SSSR count). The maximum Gasteiger partial charge on any atom is 0.257 e. The summed E-state index contributed by atoms with van der Waals surface area (Å²) < 4.78 is 1.67. The van der Waals surface area contributed by atoms with Gasteiger partial charge in [0.15, 0.2) is 0 Å². The fraction of sp³-hybridized carbons (Fsp3) is 0. The molecule has 24 heavy (non-hydrogen) atoms. The molecule has 2 N–H and O–H groups in total. The standard InChI is InChI=1S/C17H12ClN5O/c18-12-5-6-15(23-8-2-7-20-23)14(9-12)21-17(24)13-4-1-3-11-10-19-22-16(11)13/h1-10H,(H,19,22)(H,21,24). The maximum atomic E-state index is 12.7. The van der Waals surface area contributed by atoms with Crippen molar-refractivity contribution in [3.05, 3.63) is 71.6 Å². The van der Waals surface area contributed by atoms with Crippen LogP contribution in [-0.4, -0.2) is 25.9 Å². The minimum absolute atomic E-state index is 0.250. The lowest BCUT2D eigenvalue weighted by Gasteiger charge is -2.12. The normalized spacial score (nSPS) is 10.9. The smallest absolute Gasteiger partial charge is 0.257 e. The van der Waals surface area contributed by atoms with Gasteiger partial charge in [-0.15, -0.1) is 0 Å². The number of H-pyrrole nitrogens is 1. The van der Waals surface area contributed by atoms with Crippen LogP contribution < -0.4 is 5.32 Å². The molecule has 0 bridgehead atoms. The van der Waals surface area contributed by atoms with Crippen LogP contribution in [0.5, 0.6) is 0 Å². The number of aromatic amines is 1. The van der Waals surface area contributed by atoms with Gasteiger partial charge in [0.25, 0.3) is 5.91 Å². The monoisotopic (exact) mass is 337 g/mol. The summed E-state index contributed by atoms with van der Waals surface area (Å²) in [5.41, 5.74) is 2.51. The molecule has 0 aliphatic carbocycles. The molecule has 1 amide bonds. The van der Waals surface area contributed by atoms with Crippen molar-refractivity contribution in [3.63, 3.8) is 0 Å². The van der Waals surface area contributed by atoms with E-state index in [0.29, 0.717) is 21.8 Å². The van der Waals surface area contributed by atoms with Gasteiger partial charge in [-0.25, -0.2) is 4.68 Å². The minimum Gasteiger partial charge on any atom is -0.320 e. The summed E-state index contributed by atoms with van der Waals surface area (Å²) in [6.45, 7) is 0. The molecule has 0 aliphatic rings. The number of amides is 1. The van der Waals surface area contributed by atoms with Crippen LogP contribution in [-0.2, 0) is 0 Å². The number of para-hydroxylation sites is 1. The van der Waals surface area contributed by atoms with E-state index in [4.69, 9.17) is 11.6 Å². The molecule has 0 unspecified atom stereocenters. The summed E-state index contributed by atoms with van der Waals surface area (Å²) in [4.78, 5) is 12.7. The SMILES string of the molecule is O=C(Nc1cc(Cl)ccc1-n1cccn1)c1cccc2cn[nH]c12. The molecule has 0 fully saturated rings. The van der Waals surface area contributed by atoms with Crippen molar-refractivity contribution in [1.82, 2.24) is 20.0 Å². The van der Waals surface area contributed by atoms with E-state index < -0.39 is 0 Å². The highest BCUT2D eigenvalue weighted by molar-refractivity contribution is 6.31. The third-order valence-electron chi connectivity index (χ3n) is 3.68. The average molecular weight is 338 g/mol. The lowest BCUT2D eigenvalue weighted by Crippen LogP contribution is -2.14. The van der Waals surface area contributed by atoms with Gasteiger partial charge in [0, 0.05) is 22.8 Å². The van der Waals surface area contributed by atoms with Crippen molar-refractivity contribution < 1.29 is 4.79 Å². The van der Waals surface area contributed by atoms with Crippen LogP contribution in [0.25, 0.3) is 16.6 Å². The molecule has 118 valence electrons. The first-order chi connectivity index (χ1) is 11.7. The van der Waals surface area contributed by atoms with Gasteiger partial charge in [-0.05, 0) is 30.3 Å². The quantitative estimate of drug-likeness (QED) is 0.599. The molecule has 0 radical (unpaired) electrons. The van der Waals surface area contributed by atoms with E-state index in [1.807, 2.05) is 24.3 Å². The van der Waals surface area contributed by atoms with E-state index in [2.05, 4.69) is 20.6 Å². The summed E-state index contributed by atoms with van der Waals surface area (Å²) in [6.07, 6.45) is 5.15. The number of hydrogen-bond donors (Lipinski definition) is 2. The molecule has 0 aliphatic heterocycles. The zero-order valence-electron chi connectivity index (χ0n) is 12.4. The number of anilines is 1. The Hall–Kier alpha value is -3.12. The summed E-state index contributed by atoms with van der Waals surface area (Å²) in [6, 6.07) is 12.5. The highest BCUT2D eigenvalue weighted by Crippen LogP contribution is 2.25. The van der Waals surface area contributed by atoms with Crippen molar-refractivity contribution >= 4 is 34.1 Å². The molecule has 2 aromatic carbocycles. The van der Waals surface area contributed by atoms with Gasteiger partial charge >= 0.3 is 0 Å². The van der Waals surface area contributed by atoms with Gasteiger partial charge in [-0.2, -0.15) is 10.2 Å². The predicted molar refractivity (Wildman–Crippen MR) is 92.6 cm³/mol. The number of carbonyl (C=O) groups excluding carboxylic acids is 1. The van der Waals surface area contributed by atoms with Gasteiger partial charge < -0.3 is 5.32 Å². The number of halogens is 1. The van der Waals surface area contributed by atoms with Gasteiger partial charge in [0.2, 0.25) is 0 Å². The minimum atomic E-state index is -0.250. The van der Waals surface area contributed by atoms with Crippen LogP contribution in [0.1, 0.15) is 10.4 Å². The lowest BCUT2D eigenvalue weighted by atomic mass is 10.1. The van der Waals surface area contributed by atoms with Crippen LogP contribution >= 0.6 is 11.6 Å². The zero-order valence-corrected chi connectivity index (χ0v) is 13.2. The van der Waals surface area contributed by atoms with Crippen molar-refractivity contribution in [2.45, 2.75) is 0 Å². The second kappa shape index (κ2) is 5.82. The third-order valence-corrected chi connectivity index (χ3v) is 3.91. The third kappa shape index (κ3) is 2.53. The number of benzene rings is 2. The molecule has 6 nitrogen and oxygen atoms in total. The molecule has 2 aromatic heterocycles. The van der Waals surface area contributed by atoms with Crippen LogP contribution in [0.2, 0.25) is 5.02 Å². The summed E-state index contributed by atoms with van der Waals surface area (Å²) in [5, 5.41) is 15.4. The molecule has 0 spiro atoms. The van der Waals surface area contributed by atoms with Gasteiger partial charge in [0.1, 0.15) is 0 Å². The van der Waals surface area contributed by atoms with E-state index in [1.165, 1.54) is 0 Å². The first-order valence-electron chi connectivity index (χ1n) is 7.25. The number of nitrogens with zero attached hydrogens (tertiary/aromatic N) is 3. The Morgan fingerprint density at radius 1 is 1.21 bits per heavy atom. The Morgan fingerprint density at radius 3 is 2.96 bits per heavy atom. The summed E-state index contributed by atoms with van der Waals surface area (Å²) in [7, 11) is 0. The van der Waals surface area contributed by atoms with E-state index in [0.717, 1.165) is 11.1 Å². The molecule has 4 aromatic rings. The largest absolute Gasteiger partial charge is 0.320 e. The number of hydrogen-bond acceptors (Lipinski definition) is 3. The first-order valence-corrected chi connectivity index (χ1v) is 7.63. The second-order valence-corrected chi connectivity index (χ2v) is 5.64. The number of aromatic nitrogens is 4. The summed E-state index contributed by atoms with van der Waals surface area (Å²) >= 11 is 6.09. The molecule has 2 heterocycles. The molecule has 0 saturated carbocycles. The molecule has 0 atom stereocenters. The highest BCUT2D eigenvalue weighted by Gasteiger charge is 2.14. The van der Waals surface area contributed by atoms with E-state index in [9.17, 15) is 4.79 Å². The number of fused-ring (bicyclic) bond motifs is 1. The number of rotatable bonds is 3. The van der Waals surface area contributed by atoms with Crippen LogP contribution in [0.3, 0.4) is 0 Å². The lowest BCUT2D eigenvalue weighted by molar-refractivity contribution is 0.102. The predicted octanol–water partition coefficient (Wildman–Crippen LogP) is 3.65. The van der Waals surface area contributed by atoms with Crippen LogP contribution in [0, 0.1) is 0 Å². The highest BCUT2D eigenvalue weighted by atomic mass is 35.5. The van der Waals surface area contributed by atoms with Gasteiger partial charge in [0.05, 0.1) is 28.7 Å². The molecule has 0 saturated heterocycles. The molecule has 7 heteroatoms. The van der Waals surface area contributed by atoms with Gasteiger partial charge in [-0.3, -0.25) is 9.89 Å². The Morgan fingerprint density at radius 2 is 2.12 bits per heavy atom. The van der Waals surface area contributed by atoms with Crippen LogP contribution in [0.4, 0.5) is 5.69 Å². The number of carbonyl (C=O) groups is 1. The van der Waals surface area contributed by atoms with Crippen molar-refractivity contribution in [2.24, 2.45) is 0 Å². The Kier molecular flexibility index (Phi) is 3.51. The van der Waals surface area contributed by atoms with E-state index in [-0.39, 0.29) is 5.91 Å². The van der Waals surface area contributed by atoms with Crippen molar-refractivity contribution in [1.29, 1.82) is 0 Å². The van der Waals surface area contributed by atoms with Gasteiger partial charge in [-0.1, -0.05) is 23.7 Å². The Balaban J connectivity index is 1.74. The summed E-state index contributed by atoms with van der Waals surface area (Å²) in [5.74, 6) is -0.250. The van der Waals surface area contributed by atoms with E-state index in [1.54, 1.807) is 41.5 Å². The van der Waals surface area contributed by atoms with E-state index >= 15 is 0 Å². The van der Waals surface area contributed by atoms with Crippen LogP contribution in [0.15, 0.2) is 61.1 Å². The zero-order chi connectivity index (χ0) is 16.5. The fourth-order valence-electron chi connectivity index (χ4n) is 2.57. The molecular weight excluding hydrogens is 326 g/mol. The molecular formula is C17H12ClN5O. The second-order valence-electron chi connectivity index (χ2n) is 5.21. The van der Waals surface area contributed by atoms with Crippen molar-refractivity contribution in [3.8, 4) is 5.69 Å². The van der Waals surface area contributed by atoms with Crippen molar-refractivity contribution in [2.75, 3.05) is 5.32 Å². The maximum absolute atomic E-state index is 12.7. The topological polar surface area (TPSA) is 75.6 Å². The number of nitrogens with one attached hydrogen (secondary N) is 2. The Labute approximate surface area is 142 Å². The first kappa shape index (κ1) is 14.5. The Bertz CT molecular complexity index is 1020.